The van der Waals surface area contributed by atoms with Gasteiger partial charge in [0.2, 0.25) is 0 Å². The van der Waals surface area contributed by atoms with E-state index in [9.17, 15) is 0 Å². The van der Waals surface area contributed by atoms with E-state index in [1.807, 2.05) is 0 Å². The Kier molecular flexibility index (Phi) is 5.19. The average molecular weight is 276 g/mol. The van der Waals surface area contributed by atoms with E-state index in [0.29, 0.717) is 12.1 Å². The van der Waals surface area contributed by atoms with Gasteiger partial charge in [0.15, 0.2) is 0 Å². The van der Waals surface area contributed by atoms with Gasteiger partial charge in [0.05, 0.1) is 12.7 Å². The van der Waals surface area contributed by atoms with Gasteiger partial charge in [-0.05, 0) is 38.3 Å². The van der Waals surface area contributed by atoms with E-state index in [1.165, 1.54) is 16.7 Å². The highest BCUT2D eigenvalue weighted by molar-refractivity contribution is 5.32. The first-order chi connectivity index (χ1) is 9.51. The number of nitrogens with two attached hydrogens (primary N) is 1. The van der Waals surface area contributed by atoms with Crippen LogP contribution in [0.1, 0.15) is 43.0 Å². The summed E-state index contributed by atoms with van der Waals surface area (Å²) in [7, 11) is 0. The van der Waals surface area contributed by atoms with E-state index in [-0.39, 0.29) is 6.04 Å². The molecule has 1 aliphatic rings. The van der Waals surface area contributed by atoms with Crippen LogP contribution >= 0.6 is 0 Å². The number of aryl methyl sites for hydroxylation is 2. The molecule has 1 heterocycles. The first-order valence-corrected chi connectivity index (χ1v) is 7.69. The van der Waals surface area contributed by atoms with Crippen molar-refractivity contribution in [3.8, 4) is 0 Å². The maximum absolute atomic E-state index is 6.46. The molecule has 1 aromatic rings. The summed E-state index contributed by atoms with van der Waals surface area (Å²) in [6.07, 6.45) is 1.43. The van der Waals surface area contributed by atoms with Gasteiger partial charge < -0.3 is 10.5 Å². The Hall–Kier alpha value is -0.900. The molecule has 3 unspecified atom stereocenters. The van der Waals surface area contributed by atoms with Gasteiger partial charge in [-0.15, -0.1) is 0 Å². The second-order valence-corrected chi connectivity index (χ2v) is 6.13. The second kappa shape index (κ2) is 6.70. The number of hydrogen-bond acceptors (Lipinski definition) is 3. The molecule has 3 heteroatoms. The summed E-state index contributed by atoms with van der Waals surface area (Å²) in [4.78, 5) is 2.50. The lowest BCUT2D eigenvalue weighted by atomic mass is 9.98. The summed E-state index contributed by atoms with van der Waals surface area (Å²) < 4.78 is 5.76. The van der Waals surface area contributed by atoms with Crippen LogP contribution in [0.15, 0.2) is 18.2 Å². The smallest absolute Gasteiger partial charge is 0.0674 e. The molecule has 0 aliphatic carbocycles. The van der Waals surface area contributed by atoms with E-state index in [2.05, 4.69) is 50.8 Å². The van der Waals surface area contributed by atoms with Crippen molar-refractivity contribution in [3.05, 3.63) is 34.9 Å². The number of ether oxygens (including phenoxy) is 1. The first kappa shape index (κ1) is 15.5. The van der Waals surface area contributed by atoms with Gasteiger partial charge in [-0.3, -0.25) is 4.90 Å². The molecule has 3 nitrogen and oxygen atoms in total. The summed E-state index contributed by atoms with van der Waals surface area (Å²) in [5.41, 5.74) is 10.3. The zero-order chi connectivity index (χ0) is 14.7. The molecule has 0 aromatic heterocycles. The Morgan fingerprint density at radius 1 is 1.40 bits per heavy atom. The summed E-state index contributed by atoms with van der Waals surface area (Å²) in [5, 5.41) is 0. The number of hydrogen-bond donors (Lipinski definition) is 1. The van der Waals surface area contributed by atoms with Crippen LogP contribution < -0.4 is 5.73 Å². The molecule has 0 bridgehead atoms. The van der Waals surface area contributed by atoms with Crippen LogP contribution in [-0.4, -0.2) is 36.7 Å². The van der Waals surface area contributed by atoms with Crippen molar-refractivity contribution in [1.29, 1.82) is 0 Å². The van der Waals surface area contributed by atoms with E-state index in [4.69, 9.17) is 10.5 Å². The van der Waals surface area contributed by atoms with Crippen molar-refractivity contribution in [1.82, 2.24) is 4.90 Å². The lowest BCUT2D eigenvalue weighted by molar-refractivity contribution is -0.0575. The Labute approximate surface area is 123 Å². The molecule has 112 valence electrons. The van der Waals surface area contributed by atoms with E-state index in [1.54, 1.807) is 0 Å². The summed E-state index contributed by atoms with van der Waals surface area (Å²) >= 11 is 0. The third kappa shape index (κ3) is 3.60. The summed E-state index contributed by atoms with van der Waals surface area (Å²) in [6.45, 7) is 11.4. The van der Waals surface area contributed by atoms with Gasteiger partial charge in [-0.25, -0.2) is 0 Å². The van der Waals surface area contributed by atoms with Crippen molar-refractivity contribution in [3.63, 3.8) is 0 Å². The Morgan fingerprint density at radius 2 is 2.15 bits per heavy atom. The fourth-order valence-corrected chi connectivity index (χ4v) is 3.11. The second-order valence-electron chi connectivity index (χ2n) is 6.13. The molecule has 2 rings (SSSR count). The Morgan fingerprint density at radius 3 is 2.80 bits per heavy atom. The molecule has 0 amide bonds. The maximum atomic E-state index is 6.46. The van der Waals surface area contributed by atoms with Crippen LogP contribution in [0.4, 0.5) is 0 Å². The van der Waals surface area contributed by atoms with Crippen LogP contribution in [-0.2, 0) is 4.74 Å². The topological polar surface area (TPSA) is 38.5 Å². The lowest BCUT2D eigenvalue weighted by Crippen LogP contribution is -2.50. The largest absolute Gasteiger partial charge is 0.376 e. The lowest BCUT2D eigenvalue weighted by Gasteiger charge is -2.39. The van der Waals surface area contributed by atoms with Crippen molar-refractivity contribution >= 4 is 0 Å². The predicted octanol–water partition coefficient (Wildman–Crippen LogP) is 2.80. The van der Waals surface area contributed by atoms with Gasteiger partial charge in [-0.2, -0.15) is 0 Å². The summed E-state index contributed by atoms with van der Waals surface area (Å²) in [6, 6.07) is 7.13. The fraction of sp³-hybridized carbons (Fsp3) is 0.647. The molecule has 0 spiro atoms. The molecule has 0 saturated carbocycles. The third-order valence-corrected chi connectivity index (χ3v) is 4.31. The van der Waals surface area contributed by atoms with Crippen LogP contribution in [0, 0.1) is 13.8 Å². The predicted molar refractivity (Wildman–Crippen MR) is 83.9 cm³/mol. The van der Waals surface area contributed by atoms with Gasteiger partial charge in [-0.1, -0.05) is 30.7 Å². The average Bonchev–Trinajstić information content (AvgIpc) is 2.38. The first-order valence-electron chi connectivity index (χ1n) is 7.69. The third-order valence-electron chi connectivity index (χ3n) is 4.31. The monoisotopic (exact) mass is 276 g/mol. The SMILES string of the molecule is CCC1COC(C)CN1CC(N)c1ccc(C)cc1C. The van der Waals surface area contributed by atoms with Crippen molar-refractivity contribution < 1.29 is 4.74 Å². The number of benzene rings is 1. The van der Waals surface area contributed by atoms with Gasteiger partial charge in [0.25, 0.3) is 0 Å². The highest BCUT2D eigenvalue weighted by Gasteiger charge is 2.27. The zero-order valence-corrected chi connectivity index (χ0v) is 13.2. The van der Waals surface area contributed by atoms with Crippen molar-refractivity contribution in [2.45, 2.75) is 52.3 Å². The zero-order valence-electron chi connectivity index (χ0n) is 13.2. The molecule has 1 fully saturated rings. The normalized spacial score (nSPS) is 25.6. The molecule has 1 aliphatic heterocycles. The Bertz CT molecular complexity index is 447. The van der Waals surface area contributed by atoms with E-state index < -0.39 is 0 Å². The standard InChI is InChI=1S/C17H28N2O/c1-5-15-11-20-14(4)9-19(15)10-17(18)16-7-6-12(2)8-13(16)3/h6-8,14-15,17H,5,9-11,18H2,1-4H3. The molecule has 20 heavy (non-hydrogen) atoms. The minimum atomic E-state index is 0.0787. The van der Waals surface area contributed by atoms with Crippen LogP contribution in [0.2, 0.25) is 0 Å². The quantitative estimate of drug-likeness (QED) is 0.919. The van der Waals surface area contributed by atoms with Gasteiger partial charge >= 0.3 is 0 Å². The van der Waals surface area contributed by atoms with Crippen molar-refractivity contribution in [2.75, 3.05) is 19.7 Å². The van der Waals surface area contributed by atoms with Crippen LogP contribution in [0.3, 0.4) is 0 Å². The van der Waals surface area contributed by atoms with Gasteiger partial charge in [0, 0.05) is 25.2 Å². The summed E-state index contributed by atoms with van der Waals surface area (Å²) in [5.74, 6) is 0. The van der Waals surface area contributed by atoms with Gasteiger partial charge in [0.1, 0.15) is 0 Å². The molecule has 2 N–H and O–H groups in total. The minimum absolute atomic E-state index is 0.0787. The molecular formula is C17H28N2O. The number of rotatable bonds is 4. The highest BCUT2D eigenvalue weighted by Crippen LogP contribution is 2.21. The van der Waals surface area contributed by atoms with E-state index in [0.717, 1.165) is 26.1 Å². The molecule has 3 atom stereocenters. The Balaban J connectivity index is 2.07. The maximum Gasteiger partial charge on any atom is 0.0674 e. The minimum Gasteiger partial charge on any atom is -0.376 e. The van der Waals surface area contributed by atoms with Crippen LogP contribution in [0.25, 0.3) is 0 Å². The van der Waals surface area contributed by atoms with E-state index >= 15 is 0 Å². The molecule has 0 radical (unpaired) electrons. The highest BCUT2D eigenvalue weighted by atomic mass is 16.5. The molecule has 1 saturated heterocycles. The van der Waals surface area contributed by atoms with Crippen LogP contribution in [0.5, 0.6) is 0 Å². The molecule has 1 aromatic carbocycles. The number of nitrogens with zero attached hydrogens (tertiary/aromatic N) is 1. The van der Waals surface area contributed by atoms with Crippen molar-refractivity contribution in [2.24, 2.45) is 5.73 Å². The fourth-order valence-electron chi connectivity index (χ4n) is 3.11. The molecular weight excluding hydrogens is 248 g/mol. The number of morpholine rings is 1.